The summed E-state index contributed by atoms with van der Waals surface area (Å²) in [7, 11) is 1.00. The number of Topliss-reactive ketones (excluding diaryl/α,β-unsaturated/α-hetero) is 1. The minimum absolute atomic E-state index is 0.362. The lowest BCUT2D eigenvalue weighted by atomic mass is 9.62. The zero-order valence-corrected chi connectivity index (χ0v) is 15.2. The number of hydrogen-bond donors (Lipinski definition) is 1. The molecule has 1 aromatic rings. The Bertz CT molecular complexity index is 614. The zero-order chi connectivity index (χ0) is 16.4. The molecule has 1 N–H and O–H groups in total. The van der Waals surface area contributed by atoms with Gasteiger partial charge in [-0.25, -0.2) is 0 Å². The molecule has 0 aromatic heterocycles. The second kappa shape index (κ2) is 6.78. The molecule has 1 aliphatic heterocycles. The van der Waals surface area contributed by atoms with E-state index in [9.17, 15) is 4.79 Å². The molecule has 1 heterocycles. The van der Waals surface area contributed by atoms with Crippen LogP contribution < -0.4 is 4.90 Å². The van der Waals surface area contributed by atoms with Gasteiger partial charge < -0.3 is 10.0 Å². The first kappa shape index (κ1) is 16.7. The molecule has 2 aliphatic carbocycles. The van der Waals surface area contributed by atoms with Gasteiger partial charge in [0.25, 0.3) is 0 Å². The van der Waals surface area contributed by atoms with Gasteiger partial charge in [0, 0.05) is 43.2 Å². The molecule has 1 saturated heterocycles. The molecule has 0 unspecified atom stereocenters. The normalized spacial score (nSPS) is 21.4. The summed E-state index contributed by atoms with van der Waals surface area (Å²) in [5.74, 6) is 0.462. The molecule has 0 amide bonds. The molecule has 0 bridgehead atoms. The van der Waals surface area contributed by atoms with Crippen molar-refractivity contribution >= 4 is 33.5 Å². The highest BCUT2D eigenvalue weighted by molar-refractivity contribution is 9.10. The van der Waals surface area contributed by atoms with Crippen LogP contribution in [0.2, 0.25) is 0 Å². The summed E-state index contributed by atoms with van der Waals surface area (Å²) in [4.78, 5) is 13.7. The van der Waals surface area contributed by atoms with E-state index in [2.05, 4.69) is 45.1 Å². The van der Waals surface area contributed by atoms with Crippen LogP contribution in [-0.2, 0) is 4.79 Å². The summed E-state index contributed by atoms with van der Waals surface area (Å²) in [6, 6.07) is 6.71. The van der Waals surface area contributed by atoms with Gasteiger partial charge in [-0.1, -0.05) is 33.6 Å². The minimum atomic E-state index is 0.362. The fraction of sp³-hybridized carbons (Fsp3) is 0.526. The number of rotatable bonds is 2. The Balaban J connectivity index is 0.000000753. The van der Waals surface area contributed by atoms with E-state index in [4.69, 9.17) is 5.11 Å². The van der Waals surface area contributed by atoms with Gasteiger partial charge in [-0.05, 0) is 48.8 Å². The third-order valence-corrected chi connectivity index (χ3v) is 5.90. The third-order valence-electron chi connectivity index (χ3n) is 5.22. The molecule has 23 heavy (non-hydrogen) atoms. The highest BCUT2D eigenvalue weighted by Crippen LogP contribution is 2.47. The van der Waals surface area contributed by atoms with E-state index in [1.165, 1.54) is 41.4 Å². The predicted molar refractivity (Wildman–Crippen MR) is 97.6 cm³/mol. The van der Waals surface area contributed by atoms with Crippen LogP contribution in [0.25, 0.3) is 6.08 Å². The SMILES string of the molecule is CO.O=C1CC2(CCN(c3ccc(C=C4CC4)c(Br)c3)CC2)C1. The summed E-state index contributed by atoms with van der Waals surface area (Å²) < 4.78 is 1.19. The molecular weight excluding hydrogens is 354 g/mol. The number of allylic oxidation sites excluding steroid dienone is 1. The average Bonchev–Trinajstić information content (AvgIpc) is 3.35. The monoisotopic (exact) mass is 377 g/mol. The highest BCUT2D eigenvalue weighted by atomic mass is 79.9. The van der Waals surface area contributed by atoms with E-state index < -0.39 is 0 Å². The summed E-state index contributed by atoms with van der Waals surface area (Å²) >= 11 is 3.71. The van der Waals surface area contributed by atoms with Crippen LogP contribution in [0.15, 0.2) is 28.2 Å². The maximum atomic E-state index is 11.3. The molecule has 3 nitrogen and oxygen atoms in total. The van der Waals surface area contributed by atoms with Crippen LogP contribution >= 0.6 is 15.9 Å². The Hall–Kier alpha value is -1.13. The average molecular weight is 378 g/mol. The zero-order valence-electron chi connectivity index (χ0n) is 13.6. The van der Waals surface area contributed by atoms with Crippen LogP contribution in [0.3, 0.4) is 0 Å². The highest BCUT2D eigenvalue weighted by Gasteiger charge is 2.45. The van der Waals surface area contributed by atoms with Crippen molar-refractivity contribution < 1.29 is 9.90 Å². The van der Waals surface area contributed by atoms with E-state index in [0.717, 1.165) is 33.0 Å². The van der Waals surface area contributed by atoms with Gasteiger partial charge in [-0.2, -0.15) is 0 Å². The quantitative estimate of drug-likeness (QED) is 0.839. The second-order valence-corrected chi connectivity index (χ2v) is 7.74. The number of aliphatic hydroxyl groups excluding tert-OH is 1. The Morgan fingerprint density at radius 3 is 2.35 bits per heavy atom. The van der Waals surface area contributed by atoms with Crippen molar-refractivity contribution in [2.45, 2.75) is 38.5 Å². The largest absolute Gasteiger partial charge is 0.400 e. The maximum absolute atomic E-state index is 11.3. The van der Waals surface area contributed by atoms with E-state index in [1.807, 2.05) is 0 Å². The number of piperidine rings is 1. The van der Waals surface area contributed by atoms with E-state index in [-0.39, 0.29) is 0 Å². The molecule has 0 atom stereocenters. The van der Waals surface area contributed by atoms with Gasteiger partial charge >= 0.3 is 0 Å². The number of carbonyl (C=O) groups is 1. The predicted octanol–water partition coefficient (Wildman–Crippen LogP) is 4.18. The van der Waals surface area contributed by atoms with Gasteiger partial charge in [0.05, 0.1) is 0 Å². The van der Waals surface area contributed by atoms with Crippen molar-refractivity contribution in [3.63, 3.8) is 0 Å². The van der Waals surface area contributed by atoms with E-state index in [0.29, 0.717) is 11.2 Å². The van der Waals surface area contributed by atoms with Crippen molar-refractivity contribution in [2.24, 2.45) is 5.41 Å². The standard InChI is InChI=1S/C18H20BrNO.CH4O/c19-17-10-15(4-3-14(17)9-13-1-2-13)20-7-5-18(6-8-20)11-16(21)12-18;1-2/h3-4,9-10H,1-2,5-8,11-12H2;2H,1H3. The lowest BCUT2D eigenvalue weighted by Crippen LogP contribution is -2.47. The van der Waals surface area contributed by atoms with Crippen molar-refractivity contribution in [1.29, 1.82) is 0 Å². The van der Waals surface area contributed by atoms with Crippen LogP contribution in [-0.4, -0.2) is 31.1 Å². The van der Waals surface area contributed by atoms with Crippen molar-refractivity contribution in [1.82, 2.24) is 0 Å². The fourth-order valence-corrected chi connectivity index (χ4v) is 4.12. The molecule has 3 aliphatic rings. The number of carbonyl (C=O) groups excluding carboxylic acids is 1. The Kier molecular flexibility index (Phi) is 4.93. The number of hydrogen-bond acceptors (Lipinski definition) is 3. The molecule has 1 spiro atoms. The van der Waals surface area contributed by atoms with Crippen molar-refractivity contribution in [3.05, 3.63) is 33.8 Å². The van der Waals surface area contributed by atoms with Gasteiger partial charge in [-0.3, -0.25) is 4.79 Å². The smallest absolute Gasteiger partial charge is 0.134 e. The first-order chi connectivity index (χ1) is 11.1. The second-order valence-electron chi connectivity index (χ2n) is 6.89. The molecule has 2 saturated carbocycles. The topological polar surface area (TPSA) is 40.5 Å². The maximum Gasteiger partial charge on any atom is 0.134 e. The molecule has 4 heteroatoms. The Labute approximate surface area is 146 Å². The number of halogens is 1. The van der Waals surface area contributed by atoms with E-state index in [1.54, 1.807) is 5.57 Å². The van der Waals surface area contributed by atoms with E-state index >= 15 is 0 Å². The fourth-order valence-electron chi connectivity index (χ4n) is 3.64. The molecule has 4 rings (SSSR count). The Morgan fingerprint density at radius 2 is 1.83 bits per heavy atom. The Morgan fingerprint density at radius 1 is 1.17 bits per heavy atom. The van der Waals surface area contributed by atoms with Gasteiger partial charge in [0.1, 0.15) is 5.78 Å². The van der Waals surface area contributed by atoms with Gasteiger partial charge in [0.2, 0.25) is 0 Å². The van der Waals surface area contributed by atoms with Gasteiger partial charge in [0.15, 0.2) is 0 Å². The van der Waals surface area contributed by atoms with Crippen molar-refractivity contribution in [2.75, 3.05) is 25.1 Å². The first-order valence-corrected chi connectivity index (χ1v) is 9.13. The molecule has 1 aromatic carbocycles. The molecule has 0 radical (unpaired) electrons. The van der Waals surface area contributed by atoms with Crippen LogP contribution in [0.5, 0.6) is 0 Å². The lowest BCUT2D eigenvalue weighted by molar-refractivity contribution is -0.133. The summed E-state index contributed by atoms with van der Waals surface area (Å²) in [5, 5.41) is 7.00. The van der Waals surface area contributed by atoms with Gasteiger partial charge in [-0.15, -0.1) is 0 Å². The summed E-state index contributed by atoms with van der Waals surface area (Å²) in [6.07, 6.45) is 8.83. The van der Waals surface area contributed by atoms with Crippen LogP contribution in [0.4, 0.5) is 5.69 Å². The molecular formula is C19H24BrNO2. The lowest BCUT2D eigenvalue weighted by Gasteiger charge is -2.47. The number of aliphatic hydroxyl groups is 1. The van der Waals surface area contributed by atoms with Crippen molar-refractivity contribution in [3.8, 4) is 0 Å². The van der Waals surface area contributed by atoms with Crippen LogP contribution in [0.1, 0.15) is 44.1 Å². The minimum Gasteiger partial charge on any atom is -0.400 e. The number of anilines is 1. The molecule has 3 fully saturated rings. The summed E-state index contributed by atoms with van der Waals surface area (Å²) in [5.41, 5.74) is 4.52. The molecule has 124 valence electrons. The number of benzene rings is 1. The first-order valence-electron chi connectivity index (χ1n) is 8.34. The van der Waals surface area contributed by atoms with Crippen LogP contribution in [0, 0.1) is 5.41 Å². The third kappa shape index (κ3) is 3.69. The number of ketones is 1. The number of nitrogens with zero attached hydrogens (tertiary/aromatic N) is 1. The summed E-state index contributed by atoms with van der Waals surface area (Å²) in [6.45, 7) is 2.17.